The molecule has 2 heterocycles. The maximum absolute atomic E-state index is 12.5. The van der Waals surface area contributed by atoms with Crippen LogP contribution in [0.2, 0.25) is 0 Å². The summed E-state index contributed by atoms with van der Waals surface area (Å²) in [6.07, 6.45) is 1.67. The molecule has 0 aliphatic carbocycles. The quantitative estimate of drug-likeness (QED) is 0.852. The molecule has 1 aliphatic heterocycles. The molecule has 0 radical (unpaired) electrons. The van der Waals surface area contributed by atoms with Crippen LogP contribution in [0, 0.1) is 0 Å². The number of methoxy groups -OCH3 is 1. The van der Waals surface area contributed by atoms with Gasteiger partial charge in [-0.05, 0) is 24.3 Å². The Morgan fingerprint density at radius 2 is 1.83 bits per heavy atom. The van der Waals surface area contributed by atoms with Gasteiger partial charge in [0.15, 0.2) is 0 Å². The first kappa shape index (κ1) is 15.1. The highest BCUT2D eigenvalue weighted by molar-refractivity contribution is 5.94. The number of carbonyl (C=O) groups is 1. The molecule has 7 heteroatoms. The lowest BCUT2D eigenvalue weighted by molar-refractivity contribution is 0.0746. The highest BCUT2D eigenvalue weighted by Gasteiger charge is 2.23. The third-order valence-corrected chi connectivity index (χ3v) is 3.83. The molecule has 0 spiro atoms. The predicted molar refractivity (Wildman–Crippen MR) is 87.6 cm³/mol. The Hall–Kier alpha value is -2.83. The minimum atomic E-state index is 0.0243. The highest BCUT2D eigenvalue weighted by Crippen LogP contribution is 2.16. The van der Waals surface area contributed by atoms with E-state index < -0.39 is 0 Å². The fourth-order valence-electron chi connectivity index (χ4n) is 2.52. The molecule has 1 aliphatic rings. The number of carbonyl (C=O) groups excluding carboxylic acids is 1. The Kier molecular flexibility index (Phi) is 4.27. The molecule has 2 N–H and O–H groups in total. The molecule has 0 bridgehead atoms. The molecular formula is C16H19N5O2. The molecule has 2 aromatic rings. The van der Waals surface area contributed by atoms with Crippen molar-refractivity contribution < 1.29 is 9.53 Å². The Morgan fingerprint density at radius 1 is 1.13 bits per heavy atom. The van der Waals surface area contributed by atoms with E-state index >= 15 is 0 Å². The third-order valence-electron chi connectivity index (χ3n) is 3.83. The van der Waals surface area contributed by atoms with Gasteiger partial charge >= 0.3 is 0 Å². The predicted octanol–water partition coefficient (Wildman–Crippen LogP) is 1.03. The smallest absolute Gasteiger partial charge is 0.253 e. The molecule has 1 aromatic heterocycles. The van der Waals surface area contributed by atoms with Crippen LogP contribution >= 0.6 is 0 Å². The van der Waals surface area contributed by atoms with Gasteiger partial charge in [0.2, 0.25) is 11.8 Å². The highest BCUT2D eigenvalue weighted by atomic mass is 16.5. The Morgan fingerprint density at radius 3 is 2.48 bits per heavy atom. The number of ether oxygens (including phenoxy) is 1. The first-order chi connectivity index (χ1) is 11.2. The lowest BCUT2D eigenvalue weighted by Gasteiger charge is -2.34. The van der Waals surface area contributed by atoms with Gasteiger partial charge < -0.3 is 20.3 Å². The van der Waals surface area contributed by atoms with E-state index in [0.29, 0.717) is 49.3 Å². The Labute approximate surface area is 134 Å². The van der Waals surface area contributed by atoms with Crippen molar-refractivity contribution >= 4 is 17.5 Å². The van der Waals surface area contributed by atoms with Crippen LogP contribution in [0.4, 0.5) is 11.6 Å². The van der Waals surface area contributed by atoms with Gasteiger partial charge in [-0.2, -0.15) is 4.98 Å². The number of benzene rings is 1. The fraction of sp³-hybridized carbons (Fsp3) is 0.312. The summed E-state index contributed by atoms with van der Waals surface area (Å²) in [5.74, 6) is 1.19. The lowest BCUT2D eigenvalue weighted by atomic mass is 10.1. The van der Waals surface area contributed by atoms with Crippen LogP contribution in [0.5, 0.6) is 5.88 Å². The van der Waals surface area contributed by atoms with Crippen molar-refractivity contribution in [3.63, 3.8) is 0 Å². The summed E-state index contributed by atoms with van der Waals surface area (Å²) in [5.41, 5.74) is 6.97. The zero-order chi connectivity index (χ0) is 16.2. The molecule has 0 atom stereocenters. The summed E-state index contributed by atoms with van der Waals surface area (Å²) in [5, 5.41) is 0. The normalized spacial score (nSPS) is 14.7. The molecule has 3 rings (SSSR count). The summed E-state index contributed by atoms with van der Waals surface area (Å²) >= 11 is 0. The molecule has 7 nitrogen and oxygen atoms in total. The van der Waals surface area contributed by atoms with E-state index in [1.807, 2.05) is 4.90 Å². The van der Waals surface area contributed by atoms with Gasteiger partial charge in [0, 0.05) is 49.7 Å². The van der Waals surface area contributed by atoms with Crippen molar-refractivity contribution in [2.75, 3.05) is 43.9 Å². The van der Waals surface area contributed by atoms with Gasteiger partial charge in [-0.3, -0.25) is 4.79 Å². The average molecular weight is 313 g/mol. The zero-order valence-electron chi connectivity index (χ0n) is 13.0. The summed E-state index contributed by atoms with van der Waals surface area (Å²) < 4.78 is 5.12. The number of amides is 1. The fourth-order valence-corrected chi connectivity index (χ4v) is 2.52. The molecule has 1 fully saturated rings. The first-order valence-electron chi connectivity index (χ1n) is 7.44. The number of aromatic nitrogens is 2. The average Bonchev–Trinajstić information content (AvgIpc) is 2.62. The standard InChI is InChI=1S/C16H19N5O2/c1-23-14-6-7-18-16(19-14)21-10-8-20(9-11-21)15(22)12-2-4-13(17)5-3-12/h2-7H,8-11,17H2,1H3. The van der Waals surface area contributed by atoms with Crippen LogP contribution in [0.1, 0.15) is 10.4 Å². The number of nitrogens with zero attached hydrogens (tertiary/aromatic N) is 4. The minimum absolute atomic E-state index is 0.0243. The number of piperazine rings is 1. The van der Waals surface area contributed by atoms with E-state index in [4.69, 9.17) is 10.5 Å². The monoisotopic (exact) mass is 313 g/mol. The van der Waals surface area contributed by atoms with E-state index in [1.54, 1.807) is 43.6 Å². The van der Waals surface area contributed by atoms with E-state index in [0.717, 1.165) is 0 Å². The molecule has 0 saturated carbocycles. The Bertz CT molecular complexity index is 681. The zero-order valence-corrected chi connectivity index (χ0v) is 13.0. The topological polar surface area (TPSA) is 84.6 Å². The van der Waals surface area contributed by atoms with E-state index in [1.165, 1.54) is 0 Å². The molecule has 120 valence electrons. The SMILES string of the molecule is COc1ccnc(N2CCN(C(=O)c3ccc(N)cc3)CC2)n1. The van der Waals surface area contributed by atoms with Gasteiger partial charge in [0.25, 0.3) is 5.91 Å². The summed E-state index contributed by atoms with van der Waals surface area (Å²) in [6, 6.07) is 8.72. The first-order valence-corrected chi connectivity index (χ1v) is 7.44. The number of rotatable bonds is 3. The van der Waals surface area contributed by atoms with Crippen LogP contribution in [-0.4, -0.2) is 54.1 Å². The lowest BCUT2D eigenvalue weighted by Crippen LogP contribution is -2.49. The van der Waals surface area contributed by atoms with Crippen molar-refractivity contribution in [1.29, 1.82) is 0 Å². The number of anilines is 2. The number of nitrogen functional groups attached to an aromatic ring is 1. The van der Waals surface area contributed by atoms with Crippen LogP contribution in [0.3, 0.4) is 0 Å². The van der Waals surface area contributed by atoms with E-state index in [9.17, 15) is 4.79 Å². The van der Waals surface area contributed by atoms with E-state index in [2.05, 4.69) is 14.9 Å². The number of nitrogens with two attached hydrogens (primary N) is 1. The van der Waals surface area contributed by atoms with E-state index in [-0.39, 0.29) is 5.91 Å². The van der Waals surface area contributed by atoms with Crippen molar-refractivity contribution in [3.8, 4) is 5.88 Å². The maximum Gasteiger partial charge on any atom is 0.253 e. The summed E-state index contributed by atoms with van der Waals surface area (Å²) in [7, 11) is 1.58. The number of hydrogen-bond donors (Lipinski definition) is 1. The van der Waals surface area contributed by atoms with Gasteiger partial charge in [-0.15, -0.1) is 0 Å². The molecule has 1 aromatic carbocycles. The second-order valence-corrected chi connectivity index (χ2v) is 5.30. The van der Waals surface area contributed by atoms with Crippen molar-refractivity contribution in [3.05, 3.63) is 42.1 Å². The molecule has 1 saturated heterocycles. The maximum atomic E-state index is 12.5. The molecule has 0 unspecified atom stereocenters. The molecule has 1 amide bonds. The van der Waals surface area contributed by atoms with Crippen molar-refractivity contribution in [1.82, 2.24) is 14.9 Å². The summed E-state index contributed by atoms with van der Waals surface area (Å²) in [6.45, 7) is 2.63. The van der Waals surface area contributed by atoms with Gasteiger partial charge in [-0.1, -0.05) is 0 Å². The molecular weight excluding hydrogens is 294 g/mol. The van der Waals surface area contributed by atoms with Gasteiger partial charge in [0.05, 0.1) is 7.11 Å². The van der Waals surface area contributed by atoms with Crippen LogP contribution in [0.25, 0.3) is 0 Å². The van der Waals surface area contributed by atoms with Crippen LogP contribution in [-0.2, 0) is 0 Å². The van der Waals surface area contributed by atoms with Gasteiger partial charge in [-0.25, -0.2) is 4.98 Å². The van der Waals surface area contributed by atoms with Crippen LogP contribution in [0.15, 0.2) is 36.5 Å². The minimum Gasteiger partial charge on any atom is -0.481 e. The van der Waals surface area contributed by atoms with Crippen molar-refractivity contribution in [2.24, 2.45) is 0 Å². The second kappa shape index (κ2) is 6.51. The largest absolute Gasteiger partial charge is 0.481 e. The Balaban J connectivity index is 1.63. The van der Waals surface area contributed by atoms with Crippen LogP contribution < -0.4 is 15.4 Å². The van der Waals surface area contributed by atoms with Crippen molar-refractivity contribution in [2.45, 2.75) is 0 Å². The third kappa shape index (κ3) is 3.33. The van der Waals surface area contributed by atoms with Gasteiger partial charge in [0.1, 0.15) is 0 Å². The number of hydrogen-bond acceptors (Lipinski definition) is 6. The summed E-state index contributed by atoms with van der Waals surface area (Å²) in [4.78, 5) is 25.0. The molecule has 23 heavy (non-hydrogen) atoms. The second-order valence-electron chi connectivity index (χ2n) is 5.30.